The van der Waals surface area contributed by atoms with Crippen molar-refractivity contribution < 1.29 is 9.53 Å². The number of anilines is 2. The van der Waals surface area contributed by atoms with Gasteiger partial charge in [-0.15, -0.1) is 0 Å². The smallest absolute Gasteiger partial charge is 0.275 e. The number of amides is 1. The van der Waals surface area contributed by atoms with Crippen LogP contribution in [0.15, 0.2) is 101 Å². The minimum absolute atomic E-state index is 0.167. The van der Waals surface area contributed by atoms with Gasteiger partial charge in [0, 0.05) is 78.2 Å². The fraction of sp³-hybridized carbons (Fsp3) is 0.250. The van der Waals surface area contributed by atoms with Crippen molar-refractivity contribution in [2.24, 2.45) is 10.1 Å². The molecule has 2 aliphatic rings. The number of carbonyl (C=O) groups is 1. The maximum absolute atomic E-state index is 14.2. The number of aliphatic imine (C=N–C) groups is 1. The molecule has 0 radical (unpaired) electrons. The van der Waals surface area contributed by atoms with E-state index < -0.39 is 5.54 Å². The van der Waals surface area contributed by atoms with Gasteiger partial charge in [-0.25, -0.2) is 5.01 Å². The Morgan fingerprint density at radius 1 is 0.698 bits per heavy atom. The standard InChI is InChI=1S/C36H37N5O2/c1-5-39(6-2)27-18-20-31-33(24-27)43-34-25-28(40(7-3)8-4)19-21-32(34)36(31)30-17-13-12-16-29(30)35(42)41(36)38-23-22-37-26-14-10-9-11-15-26/h9-25H,5-8H2,1-4H3. The van der Waals surface area contributed by atoms with Crippen molar-refractivity contribution in [3.05, 3.63) is 113 Å². The zero-order chi connectivity index (χ0) is 30.0. The number of hydrogen-bond donors (Lipinski definition) is 0. The average Bonchev–Trinajstić information content (AvgIpc) is 3.29. The first kappa shape index (κ1) is 28.2. The van der Waals surface area contributed by atoms with Crippen molar-refractivity contribution in [2.45, 2.75) is 33.2 Å². The largest absolute Gasteiger partial charge is 0.456 e. The van der Waals surface area contributed by atoms with E-state index in [-0.39, 0.29) is 5.91 Å². The highest BCUT2D eigenvalue weighted by Crippen LogP contribution is 2.58. The van der Waals surface area contributed by atoms with Crippen LogP contribution in [-0.2, 0) is 5.54 Å². The van der Waals surface area contributed by atoms with Crippen molar-refractivity contribution in [1.82, 2.24) is 5.01 Å². The maximum atomic E-state index is 14.2. The van der Waals surface area contributed by atoms with Gasteiger partial charge in [0.05, 0.1) is 11.9 Å². The number of rotatable bonds is 9. The molecule has 0 N–H and O–H groups in total. The molecule has 0 atom stereocenters. The molecule has 0 bridgehead atoms. The lowest BCUT2D eigenvalue weighted by Gasteiger charge is -2.42. The van der Waals surface area contributed by atoms with Gasteiger partial charge in [0.2, 0.25) is 0 Å². The number of hydrogen-bond acceptors (Lipinski definition) is 6. The zero-order valence-electron chi connectivity index (χ0n) is 25.2. The molecule has 2 aliphatic heterocycles. The van der Waals surface area contributed by atoms with Gasteiger partial charge in [-0.1, -0.05) is 48.5 Å². The molecular formula is C36H37N5O2. The quantitative estimate of drug-likeness (QED) is 0.194. The number of ether oxygens (including phenoxy) is 1. The highest BCUT2D eigenvalue weighted by molar-refractivity contribution is 6.17. The summed E-state index contributed by atoms with van der Waals surface area (Å²) in [6, 6.07) is 30.1. The molecule has 0 unspecified atom stereocenters. The van der Waals surface area contributed by atoms with E-state index in [4.69, 9.17) is 9.84 Å². The van der Waals surface area contributed by atoms with Gasteiger partial charge in [0.1, 0.15) is 17.0 Å². The minimum atomic E-state index is -1.02. The Hall–Kier alpha value is -4.91. The van der Waals surface area contributed by atoms with Gasteiger partial charge in [0.25, 0.3) is 5.91 Å². The molecular weight excluding hydrogens is 534 g/mol. The van der Waals surface area contributed by atoms with Crippen LogP contribution in [0.4, 0.5) is 17.1 Å². The van der Waals surface area contributed by atoms with E-state index in [0.717, 1.165) is 71.4 Å². The third kappa shape index (κ3) is 4.65. The fourth-order valence-corrected chi connectivity index (χ4v) is 6.38. The van der Waals surface area contributed by atoms with Gasteiger partial charge < -0.3 is 14.5 Å². The lowest BCUT2D eigenvalue weighted by Crippen LogP contribution is -2.44. The van der Waals surface area contributed by atoms with Crippen LogP contribution in [0, 0.1) is 0 Å². The second-order valence-electron chi connectivity index (χ2n) is 10.6. The zero-order valence-corrected chi connectivity index (χ0v) is 25.2. The number of fused-ring (bicyclic) bond motifs is 6. The molecule has 4 aromatic carbocycles. The molecule has 218 valence electrons. The molecule has 0 fully saturated rings. The van der Waals surface area contributed by atoms with Crippen LogP contribution in [0.2, 0.25) is 0 Å². The van der Waals surface area contributed by atoms with E-state index in [9.17, 15) is 4.79 Å². The van der Waals surface area contributed by atoms with E-state index in [1.54, 1.807) is 17.4 Å². The van der Waals surface area contributed by atoms with Crippen molar-refractivity contribution >= 4 is 35.4 Å². The van der Waals surface area contributed by atoms with Gasteiger partial charge in [0.15, 0.2) is 0 Å². The first-order valence-corrected chi connectivity index (χ1v) is 15.1. The van der Waals surface area contributed by atoms with E-state index in [1.165, 1.54) is 0 Å². The van der Waals surface area contributed by atoms with E-state index in [1.807, 2.05) is 54.6 Å². The molecule has 7 heteroatoms. The van der Waals surface area contributed by atoms with Crippen LogP contribution in [0.1, 0.15) is 54.7 Å². The highest BCUT2D eigenvalue weighted by atomic mass is 16.5. The molecule has 0 aromatic heterocycles. The number of carbonyl (C=O) groups excluding carboxylic acids is 1. The van der Waals surface area contributed by atoms with E-state index in [2.05, 4.69) is 78.9 Å². The predicted molar refractivity (Wildman–Crippen MR) is 176 cm³/mol. The number of hydrazone groups is 1. The average molecular weight is 572 g/mol. The van der Waals surface area contributed by atoms with Gasteiger partial charge in [-0.3, -0.25) is 9.79 Å². The summed E-state index contributed by atoms with van der Waals surface area (Å²) in [7, 11) is 0. The summed E-state index contributed by atoms with van der Waals surface area (Å²) in [5.41, 5.74) is 5.21. The van der Waals surface area contributed by atoms with Crippen LogP contribution < -0.4 is 14.5 Å². The van der Waals surface area contributed by atoms with Crippen molar-refractivity contribution in [1.29, 1.82) is 0 Å². The SMILES string of the molecule is CCN(CC)c1ccc2c(c1)Oc1cc(N(CC)CC)ccc1C21c2ccccc2C(=O)N1N=CC=Nc1ccccc1. The second-order valence-corrected chi connectivity index (χ2v) is 10.6. The number of para-hydroxylation sites is 1. The van der Waals surface area contributed by atoms with Gasteiger partial charge in [-0.05, 0) is 58.0 Å². The fourth-order valence-electron chi connectivity index (χ4n) is 6.38. The van der Waals surface area contributed by atoms with Crippen LogP contribution in [0.25, 0.3) is 0 Å². The van der Waals surface area contributed by atoms with Crippen LogP contribution in [0.5, 0.6) is 11.5 Å². The lowest BCUT2D eigenvalue weighted by atomic mass is 9.75. The van der Waals surface area contributed by atoms with E-state index in [0.29, 0.717) is 5.56 Å². The topological polar surface area (TPSA) is 60.7 Å². The monoisotopic (exact) mass is 571 g/mol. The molecule has 43 heavy (non-hydrogen) atoms. The summed E-state index contributed by atoms with van der Waals surface area (Å²) in [4.78, 5) is 23.3. The summed E-state index contributed by atoms with van der Waals surface area (Å²) in [5, 5.41) is 6.44. The first-order valence-electron chi connectivity index (χ1n) is 15.1. The Kier molecular flexibility index (Phi) is 7.72. The number of nitrogens with zero attached hydrogens (tertiary/aromatic N) is 5. The van der Waals surface area contributed by atoms with Crippen molar-refractivity contribution in [2.75, 3.05) is 36.0 Å². The summed E-state index contributed by atoms with van der Waals surface area (Å²) in [6.45, 7) is 12.1. The normalized spacial score (nSPS) is 14.6. The van der Waals surface area contributed by atoms with Gasteiger partial charge in [-0.2, -0.15) is 5.10 Å². The van der Waals surface area contributed by atoms with Crippen LogP contribution >= 0.6 is 0 Å². The molecule has 7 nitrogen and oxygen atoms in total. The predicted octanol–water partition coefficient (Wildman–Crippen LogP) is 7.62. The molecule has 4 aromatic rings. The third-order valence-corrected chi connectivity index (χ3v) is 8.47. The second kappa shape index (κ2) is 11.8. The van der Waals surface area contributed by atoms with Gasteiger partial charge >= 0.3 is 0 Å². The third-order valence-electron chi connectivity index (χ3n) is 8.47. The summed E-state index contributed by atoms with van der Waals surface area (Å²) in [6.07, 6.45) is 3.23. The lowest BCUT2D eigenvalue weighted by molar-refractivity contribution is 0.0675. The summed E-state index contributed by atoms with van der Waals surface area (Å²) < 4.78 is 6.74. The Morgan fingerprint density at radius 2 is 1.26 bits per heavy atom. The molecule has 0 saturated carbocycles. The Labute approximate surface area is 253 Å². The Morgan fingerprint density at radius 3 is 1.84 bits per heavy atom. The maximum Gasteiger partial charge on any atom is 0.275 e. The Bertz CT molecular complexity index is 1630. The first-order chi connectivity index (χ1) is 21.1. The number of benzene rings is 4. The van der Waals surface area contributed by atoms with Crippen molar-refractivity contribution in [3.8, 4) is 11.5 Å². The molecule has 0 saturated heterocycles. The summed E-state index contributed by atoms with van der Waals surface area (Å²) in [5.74, 6) is 1.27. The highest BCUT2D eigenvalue weighted by Gasteiger charge is 2.57. The molecule has 2 heterocycles. The van der Waals surface area contributed by atoms with Crippen molar-refractivity contribution in [3.63, 3.8) is 0 Å². The molecule has 1 spiro atoms. The molecule has 6 rings (SSSR count). The minimum Gasteiger partial charge on any atom is -0.456 e. The summed E-state index contributed by atoms with van der Waals surface area (Å²) >= 11 is 0. The Balaban J connectivity index is 1.58. The molecule has 0 aliphatic carbocycles. The molecule has 1 amide bonds. The van der Waals surface area contributed by atoms with E-state index >= 15 is 0 Å². The van der Waals surface area contributed by atoms with Crippen LogP contribution in [-0.4, -0.2) is 49.5 Å². The van der Waals surface area contributed by atoms with Crippen LogP contribution in [0.3, 0.4) is 0 Å².